The maximum absolute atomic E-state index is 6.23. The number of hydrogen-bond donors (Lipinski definition) is 0. The predicted molar refractivity (Wildman–Crippen MR) is 94.9 cm³/mol. The van der Waals surface area contributed by atoms with Crippen LogP contribution in [0, 0.1) is 0 Å². The van der Waals surface area contributed by atoms with Crippen LogP contribution in [-0.4, -0.2) is 6.61 Å². The summed E-state index contributed by atoms with van der Waals surface area (Å²) in [5, 5.41) is 0.832. The first-order valence-corrected chi connectivity index (χ1v) is 9.61. The number of halogens is 2. The van der Waals surface area contributed by atoms with Gasteiger partial charge < -0.3 is 4.74 Å². The first kappa shape index (κ1) is 17.1. The molecule has 1 aromatic carbocycles. The highest BCUT2D eigenvalue weighted by Gasteiger charge is 2.21. The Hall–Kier alpha value is -0.210. The van der Waals surface area contributed by atoms with Crippen LogP contribution in [0.3, 0.4) is 0 Å². The van der Waals surface area contributed by atoms with Crippen molar-refractivity contribution in [1.29, 1.82) is 0 Å². The zero-order valence-electron chi connectivity index (χ0n) is 13.0. The van der Waals surface area contributed by atoms with E-state index in [4.69, 9.17) is 16.3 Å². The molecule has 1 heterocycles. The van der Waals surface area contributed by atoms with Crippen LogP contribution in [0.4, 0.5) is 0 Å². The normalized spacial score (nSPS) is 14.8. The molecule has 0 saturated heterocycles. The van der Waals surface area contributed by atoms with Crippen LogP contribution in [0.5, 0.6) is 5.75 Å². The van der Waals surface area contributed by atoms with Crippen molar-refractivity contribution >= 4 is 27.5 Å². The van der Waals surface area contributed by atoms with Crippen molar-refractivity contribution in [1.82, 2.24) is 0 Å². The van der Waals surface area contributed by atoms with Crippen molar-refractivity contribution in [2.24, 2.45) is 0 Å². The van der Waals surface area contributed by atoms with E-state index in [-0.39, 0.29) is 0 Å². The molecule has 1 aliphatic rings. The summed E-state index contributed by atoms with van der Waals surface area (Å²) in [6.07, 6.45) is 11.6. The minimum Gasteiger partial charge on any atom is -0.493 e. The van der Waals surface area contributed by atoms with Gasteiger partial charge in [-0.1, -0.05) is 79.4 Å². The van der Waals surface area contributed by atoms with E-state index in [1.165, 1.54) is 56.1 Å². The first-order valence-electron chi connectivity index (χ1n) is 8.31. The van der Waals surface area contributed by atoms with Gasteiger partial charge in [-0.15, -0.1) is 0 Å². The van der Waals surface area contributed by atoms with Crippen LogP contribution in [-0.2, 0) is 6.42 Å². The Bertz CT molecular complexity index is 447. The summed E-state index contributed by atoms with van der Waals surface area (Å²) >= 11 is 10.1. The zero-order valence-corrected chi connectivity index (χ0v) is 15.3. The lowest BCUT2D eigenvalue weighted by Crippen LogP contribution is -1.96. The van der Waals surface area contributed by atoms with Crippen molar-refractivity contribution in [3.05, 3.63) is 28.3 Å². The van der Waals surface area contributed by atoms with Gasteiger partial charge in [-0.2, -0.15) is 0 Å². The van der Waals surface area contributed by atoms with E-state index in [0.29, 0.717) is 4.83 Å². The molecule has 1 aromatic rings. The van der Waals surface area contributed by atoms with Gasteiger partial charge in [-0.3, -0.25) is 0 Å². The Morgan fingerprint density at radius 1 is 1.14 bits per heavy atom. The highest BCUT2D eigenvalue weighted by Crippen LogP contribution is 2.41. The van der Waals surface area contributed by atoms with Gasteiger partial charge in [0.15, 0.2) is 0 Å². The molecular weight excluding hydrogens is 348 g/mol. The molecule has 0 bridgehead atoms. The lowest BCUT2D eigenvalue weighted by molar-refractivity contribution is 0.353. The van der Waals surface area contributed by atoms with Crippen molar-refractivity contribution in [2.75, 3.05) is 6.61 Å². The smallest absolute Gasteiger partial charge is 0.127 e. The number of fused-ring (bicyclic) bond motifs is 1. The van der Waals surface area contributed by atoms with Gasteiger partial charge in [0.2, 0.25) is 0 Å². The van der Waals surface area contributed by atoms with Crippen LogP contribution in [0.2, 0.25) is 5.02 Å². The van der Waals surface area contributed by atoms with Crippen LogP contribution in [0.25, 0.3) is 0 Å². The van der Waals surface area contributed by atoms with E-state index in [9.17, 15) is 0 Å². The second-order valence-corrected chi connectivity index (χ2v) is 7.50. The lowest BCUT2D eigenvalue weighted by Gasteiger charge is -2.14. The van der Waals surface area contributed by atoms with Crippen LogP contribution >= 0.6 is 27.5 Å². The average molecular weight is 374 g/mol. The number of rotatable bonds is 9. The molecule has 0 saturated carbocycles. The third kappa shape index (κ3) is 5.17. The molecule has 1 aliphatic heterocycles. The van der Waals surface area contributed by atoms with Gasteiger partial charge in [0.1, 0.15) is 5.75 Å². The maximum Gasteiger partial charge on any atom is 0.127 e. The van der Waals surface area contributed by atoms with Crippen molar-refractivity contribution in [2.45, 2.75) is 69.5 Å². The molecule has 1 nitrogen and oxygen atoms in total. The largest absolute Gasteiger partial charge is 0.493 e. The molecule has 0 aliphatic carbocycles. The number of hydrogen-bond acceptors (Lipinski definition) is 1. The molecule has 0 radical (unpaired) electrons. The summed E-state index contributed by atoms with van der Waals surface area (Å²) in [7, 11) is 0. The highest BCUT2D eigenvalue weighted by atomic mass is 79.9. The van der Waals surface area contributed by atoms with Gasteiger partial charge in [0.05, 0.1) is 6.61 Å². The van der Waals surface area contributed by atoms with Crippen LogP contribution < -0.4 is 4.74 Å². The van der Waals surface area contributed by atoms with E-state index < -0.39 is 0 Å². The monoisotopic (exact) mass is 372 g/mol. The minimum absolute atomic E-state index is 0.360. The van der Waals surface area contributed by atoms with E-state index in [2.05, 4.69) is 28.9 Å². The molecule has 1 unspecified atom stereocenters. The Morgan fingerprint density at radius 3 is 2.62 bits per heavy atom. The fourth-order valence-electron chi connectivity index (χ4n) is 2.97. The molecule has 0 N–H and O–H groups in total. The van der Waals surface area contributed by atoms with Crippen molar-refractivity contribution < 1.29 is 4.74 Å². The van der Waals surface area contributed by atoms with Gasteiger partial charge in [-0.25, -0.2) is 0 Å². The number of unbranched alkanes of at least 4 members (excludes halogenated alkanes) is 6. The molecule has 0 fully saturated rings. The van der Waals surface area contributed by atoms with Gasteiger partial charge in [0.25, 0.3) is 0 Å². The molecule has 2 rings (SSSR count). The van der Waals surface area contributed by atoms with E-state index in [0.717, 1.165) is 30.2 Å². The summed E-state index contributed by atoms with van der Waals surface area (Å²) in [6, 6.07) is 4.10. The number of ether oxygens (including phenoxy) is 1. The summed E-state index contributed by atoms with van der Waals surface area (Å²) in [5.41, 5.74) is 2.50. The topological polar surface area (TPSA) is 9.23 Å². The number of benzene rings is 1. The Labute approximate surface area is 142 Å². The third-order valence-corrected chi connectivity index (χ3v) is 5.35. The molecule has 0 amide bonds. The van der Waals surface area contributed by atoms with E-state index >= 15 is 0 Å². The molecule has 1 atom stereocenters. The third-order valence-electron chi connectivity index (χ3n) is 4.18. The standard InChI is InChI=1S/C18H26BrClO/c1-2-3-4-5-6-7-8-9-17(19)16-13-15(20)12-14-10-11-21-18(14)16/h12-13,17H,2-11H2,1H3. The summed E-state index contributed by atoms with van der Waals surface area (Å²) in [4.78, 5) is 0.360. The highest BCUT2D eigenvalue weighted by molar-refractivity contribution is 9.09. The Morgan fingerprint density at radius 2 is 1.86 bits per heavy atom. The fourth-order valence-corrected chi connectivity index (χ4v) is 3.88. The summed E-state index contributed by atoms with van der Waals surface area (Å²) in [6.45, 7) is 3.06. The Kier molecular flexibility index (Phi) is 7.39. The lowest BCUT2D eigenvalue weighted by atomic mass is 10.0. The van der Waals surface area contributed by atoms with E-state index in [1.54, 1.807) is 0 Å². The van der Waals surface area contributed by atoms with Crippen LogP contribution in [0.15, 0.2) is 12.1 Å². The second-order valence-electron chi connectivity index (χ2n) is 5.96. The fraction of sp³-hybridized carbons (Fsp3) is 0.667. The van der Waals surface area contributed by atoms with Crippen molar-refractivity contribution in [3.8, 4) is 5.75 Å². The van der Waals surface area contributed by atoms with Gasteiger partial charge in [0, 0.05) is 21.8 Å². The van der Waals surface area contributed by atoms with E-state index in [1.807, 2.05) is 6.07 Å². The zero-order chi connectivity index (χ0) is 15.1. The van der Waals surface area contributed by atoms with Crippen molar-refractivity contribution in [3.63, 3.8) is 0 Å². The van der Waals surface area contributed by atoms with Gasteiger partial charge in [-0.05, 0) is 24.1 Å². The summed E-state index contributed by atoms with van der Waals surface area (Å²) < 4.78 is 5.79. The Balaban J connectivity index is 1.77. The molecule has 21 heavy (non-hydrogen) atoms. The molecule has 3 heteroatoms. The molecular formula is C18H26BrClO. The average Bonchev–Trinajstić information content (AvgIpc) is 2.93. The maximum atomic E-state index is 6.23. The minimum atomic E-state index is 0.360. The van der Waals surface area contributed by atoms with Crippen LogP contribution in [0.1, 0.15) is 74.2 Å². The predicted octanol–water partition coefficient (Wildman–Crippen LogP) is 6.85. The molecule has 0 aromatic heterocycles. The SMILES string of the molecule is CCCCCCCCCC(Br)c1cc(Cl)cc2c1OCC2. The molecule has 118 valence electrons. The quantitative estimate of drug-likeness (QED) is 0.339. The second kappa shape index (κ2) is 9.05. The number of alkyl halides is 1. The van der Waals surface area contributed by atoms with Gasteiger partial charge >= 0.3 is 0 Å². The first-order chi connectivity index (χ1) is 10.2. The summed E-state index contributed by atoms with van der Waals surface area (Å²) in [5.74, 6) is 1.07. The molecule has 0 spiro atoms.